The summed E-state index contributed by atoms with van der Waals surface area (Å²) in [7, 11) is 2.28. The second kappa shape index (κ2) is 7.06. The largest absolute Gasteiger partial charge is 0.314 e. The first-order valence-corrected chi connectivity index (χ1v) is 7.68. The number of nitrogens with one attached hydrogen (secondary N) is 1. The van der Waals surface area contributed by atoms with E-state index in [1.54, 1.807) is 0 Å². The summed E-state index contributed by atoms with van der Waals surface area (Å²) in [6.07, 6.45) is 5.33. The minimum Gasteiger partial charge on any atom is -0.314 e. The highest BCUT2D eigenvalue weighted by Crippen LogP contribution is 2.23. The van der Waals surface area contributed by atoms with E-state index in [1.165, 1.54) is 36.8 Å². The zero-order valence-electron chi connectivity index (χ0n) is 12.7. The number of nitrogens with zero attached hydrogens (tertiary/aromatic N) is 1. The van der Waals surface area contributed by atoms with Gasteiger partial charge in [-0.3, -0.25) is 4.90 Å². The van der Waals surface area contributed by atoms with Gasteiger partial charge in [0.25, 0.3) is 0 Å². The predicted octanol–water partition coefficient (Wildman–Crippen LogP) is 3.35. The first kappa shape index (κ1) is 14.5. The SMILES string of the molecule is CCNC1CCC(N(C)Cc2cccc(C)c2)CC1. The molecule has 0 aromatic heterocycles. The van der Waals surface area contributed by atoms with Crippen LogP contribution < -0.4 is 5.32 Å². The molecule has 1 saturated carbocycles. The summed E-state index contributed by atoms with van der Waals surface area (Å²) in [5.41, 5.74) is 2.80. The van der Waals surface area contributed by atoms with E-state index in [0.717, 1.165) is 25.2 Å². The average molecular weight is 260 g/mol. The van der Waals surface area contributed by atoms with Crippen molar-refractivity contribution >= 4 is 0 Å². The Balaban J connectivity index is 1.82. The van der Waals surface area contributed by atoms with E-state index in [-0.39, 0.29) is 0 Å². The molecule has 19 heavy (non-hydrogen) atoms. The highest BCUT2D eigenvalue weighted by molar-refractivity contribution is 5.22. The second-order valence-corrected chi connectivity index (χ2v) is 5.97. The maximum Gasteiger partial charge on any atom is 0.0233 e. The summed E-state index contributed by atoms with van der Waals surface area (Å²) in [6, 6.07) is 10.4. The summed E-state index contributed by atoms with van der Waals surface area (Å²) in [6.45, 7) is 6.56. The fourth-order valence-corrected chi connectivity index (χ4v) is 3.24. The predicted molar refractivity (Wildman–Crippen MR) is 82.4 cm³/mol. The van der Waals surface area contributed by atoms with Crippen LogP contribution in [0.15, 0.2) is 24.3 Å². The van der Waals surface area contributed by atoms with E-state index in [4.69, 9.17) is 0 Å². The van der Waals surface area contributed by atoms with E-state index in [0.29, 0.717) is 0 Å². The topological polar surface area (TPSA) is 15.3 Å². The first-order valence-electron chi connectivity index (χ1n) is 7.68. The van der Waals surface area contributed by atoms with Crippen LogP contribution in [-0.4, -0.2) is 30.6 Å². The summed E-state index contributed by atoms with van der Waals surface area (Å²) in [4.78, 5) is 2.54. The van der Waals surface area contributed by atoms with E-state index in [1.807, 2.05) is 0 Å². The lowest BCUT2D eigenvalue weighted by atomic mass is 9.90. The van der Waals surface area contributed by atoms with Crippen LogP contribution in [0.3, 0.4) is 0 Å². The summed E-state index contributed by atoms with van der Waals surface area (Å²) < 4.78 is 0. The fraction of sp³-hybridized carbons (Fsp3) is 0.647. The number of hydrogen-bond donors (Lipinski definition) is 1. The maximum absolute atomic E-state index is 3.58. The Labute approximate surface area is 118 Å². The smallest absolute Gasteiger partial charge is 0.0233 e. The van der Waals surface area contributed by atoms with Crippen LogP contribution in [-0.2, 0) is 6.54 Å². The van der Waals surface area contributed by atoms with Gasteiger partial charge in [0.1, 0.15) is 0 Å². The molecule has 0 heterocycles. The molecule has 1 aliphatic rings. The van der Waals surface area contributed by atoms with Gasteiger partial charge in [0.05, 0.1) is 0 Å². The molecule has 1 aromatic carbocycles. The fourth-order valence-electron chi connectivity index (χ4n) is 3.24. The van der Waals surface area contributed by atoms with Crippen LogP contribution >= 0.6 is 0 Å². The van der Waals surface area contributed by atoms with Gasteiger partial charge in [0.2, 0.25) is 0 Å². The van der Waals surface area contributed by atoms with Crippen molar-refractivity contribution in [1.29, 1.82) is 0 Å². The number of rotatable bonds is 5. The lowest BCUT2D eigenvalue weighted by molar-refractivity contribution is 0.168. The normalized spacial score (nSPS) is 23.8. The number of benzene rings is 1. The van der Waals surface area contributed by atoms with Gasteiger partial charge in [-0.2, -0.15) is 0 Å². The zero-order valence-corrected chi connectivity index (χ0v) is 12.7. The van der Waals surface area contributed by atoms with Gasteiger partial charge < -0.3 is 5.32 Å². The summed E-state index contributed by atoms with van der Waals surface area (Å²) in [5.74, 6) is 0. The third-order valence-electron chi connectivity index (χ3n) is 4.33. The summed E-state index contributed by atoms with van der Waals surface area (Å²) >= 11 is 0. The first-order chi connectivity index (χ1) is 9.19. The van der Waals surface area contributed by atoms with Gasteiger partial charge in [-0.1, -0.05) is 36.8 Å². The molecule has 0 aliphatic heterocycles. The van der Waals surface area contributed by atoms with Gasteiger partial charge in [0, 0.05) is 18.6 Å². The van der Waals surface area contributed by atoms with E-state index < -0.39 is 0 Å². The van der Waals surface area contributed by atoms with Crippen molar-refractivity contribution in [2.24, 2.45) is 0 Å². The molecule has 0 atom stereocenters. The van der Waals surface area contributed by atoms with E-state index >= 15 is 0 Å². The van der Waals surface area contributed by atoms with E-state index in [9.17, 15) is 0 Å². The Kier molecular flexibility index (Phi) is 5.41. The maximum atomic E-state index is 3.58. The molecule has 1 N–H and O–H groups in total. The number of aryl methyl sites for hydroxylation is 1. The third-order valence-corrected chi connectivity index (χ3v) is 4.33. The van der Waals surface area contributed by atoms with Crippen LogP contribution in [0, 0.1) is 6.92 Å². The van der Waals surface area contributed by atoms with Crippen LogP contribution in [0.5, 0.6) is 0 Å². The standard InChI is InChI=1S/C17H28N2/c1-4-18-16-8-10-17(11-9-16)19(3)13-15-7-5-6-14(2)12-15/h5-7,12,16-18H,4,8-11,13H2,1-3H3. The molecule has 0 amide bonds. The molecule has 1 aliphatic carbocycles. The Hall–Kier alpha value is -0.860. The summed E-state index contributed by atoms with van der Waals surface area (Å²) in [5, 5.41) is 3.58. The van der Waals surface area contributed by atoms with Crippen molar-refractivity contribution in [2.45, 2.75) is 58.2 Å². The molecule has 106 valence electrons. The Morgan fingerprint density at radius 1 is 1.21 bits per heavy atom. The number of hydrogen-bond acceptors (Lipinski definition) is 2. The Morgan fingerprint density at radius 2 is 1.95 bits per heavy atom. The van der Waals surface area contributed by atoms with Crippen molar-refractivity contribution in [1.82, 2.24) is 10.2 Å². The lowest BCUT2D eigenvalue weighted by Crippen LogP contribution is -2.40. The van der Waals surface area contributed by atoms with Crippen LogP contribution in [0.4, 0.5) is 0 Å². The molecule has 2 nitrogen and oxygen atoms in total. The van der Waals surface area contributed by atoms with Crippen molar-refractivity contribution in [2.75, 3.05) is 13.6 Å². The van der Waals surface area contributed by atoms with Crippen molar-refractivity contribution in [3.05, 3.63) is 35.4 Å². The highest BCUT2D eigenvalue weighted by atomic mass is 15.1. The minimum absolute atomic E-state index is 0.758. The van der Waals surface area contributed by atoms with Crippen molar-refractivity contribution in [3.63, 3.8) is 0 Å². The second-order valence-electron chi connectivity index (χ2n) is 5.97. The molecule has 0 saturated heterocycles. The molecular formula is C17H28N2. The van der Waals surface area contributed by atoms with Crippen molar-refractivity contribution in [3.8, 4) is 0 Å². The molecule has 0 radical (unpaired) electrons. The Bertz CT molecular complexity index is 381. The minimum atomic E-state index is 0.758. The Morgan fingerprint density at radius 3 is 2.58 bits per heavy atom. The van der Waals surface area contributed by atoms with Crippen molar-refractivity contribution < 1.29 is 0 Å². The van der Waals surface area contributed by atoms with Gasteiger partial charge in [-0.25, -0.2) is 0 Å². The van der Waals surface area contributed by atoms with Gasteiger partial charge in [0.15, 0.2) is 0 Å². The monoisotopic (exact) mass is 260 g/mol. The zero-order chi connectivity index (χ0) is 13.7. The molecule has 2 heteroatoms. The lowest BCUT2D eigenvalue weighted by Gasteiger charge is -2.35. The van der Waals surface area contributed by atoms with Crippen LogP contribution in [0.25, 0.3) is 0 Å². The third kappa shape index (κ3) is 4.32. The molecule has 1 aromatic rings. The van der Waals surface area contributed by atoms with Gasteiger partial charge >= 0.3 is 0 Å². The molecule has 0 bridgehead atoms. The molecule has 0 spiro atoms. The quantitative estimate of drug-likeness (QED) is 0.873. The molecular weight excluding hydrogens is 232 g/mol. The molecule has 1 fully saturated rings. The van der Waals surface area contributed by atoms with Gasteiger partial charge in [-0.05, 0) is 51.8 Å². The highest BCUT2D eigenvalue weighted by Gasteiger charge is 2.23. The molecule has 0 unspecified atom stereocenters. The average Bonchev–Trinajstić information content (AvgIpc) is 2.40. The molecule has 2 rings (SSSR count). The van der Waals surface area contributed by atoms with Crippen LogP contribution in [0.1, 0.15) is 43.7 Å². The van der Waals surface area contributed by atoms with E-state index in [2.05, 4.69) is 55.4 Å². The van der Waals surface area contributed by atoms with Crippen LogP contribution in [0.2, 0.25) is 0 Å². The van der Waals surface area contributed by atoms with Gasteiger partial charge in [-0.15, -0.1) is 0 Å².